The smallest absolute Gasteiger partial charge is 0.327 e. The molecule has 0 saturated carbocycles. The number of anilines is 1. The molecule has 1 aliphatic heterocycles. The van der Waals surface area contributed by atoms with Gasteiger partial charge in [-0.1, -0.05) is 28.1 Å². The number of aromatic nitrogens is 1. The monoisotopic (exact) mass is 352 g/mol. The lowest BCUT2D eigenvalue weighted by molar-refractivity contribution is -0.138. The van der Waals surface area contributed by atoms with E-state index < -0.39 is 12.0 Å². The van der Waals surface area contributed by atoms with Gasteiger partial charge in [-0.05, 0) is 12.1 Å². The molecule has 1 aliphatic rings. The summed E-state index contributed by atoms with van der Waals surface area (Å²) in [6, 6.07) is 7.35. The molecular weight excluding hydrogens is 340 g/mol. The van der Waals surface area contributed by atoms with E-state index in [2.05, 4.69) is 20.9 Å². The van der Waals surface area contributed by atoms with Crippen LogP contribution in [0.5, 0.6) is 0 Å². The molecule has 20 heavy (non-hydrogen) atoms. The van der Waals surface area contributed by atoms with Gasteiger partial charge in [0.05, 0.1) is 0 Å². The van der Waals surface area contributed by atoms with Gasteiger partial charge in [0.1, 0.15) is 11.9 Å². The van der Waals surface area contributed by atoms with Gasteiger partial charge in [0.15, 0.2) is 0 Å². The summed E-state index contributed by atoms with van der Waals surface area (Å²) in [5, 5.41) is 11.4. The number of thioether (sulfide) groups is 1. The molecule has 0 aliphatic carbocycles. The molecule has 2 heterocycles. The summed E-state index contributed by atoms with van der Waals surface area (Å²) in [5.74, 6) is 1.50. The molecule has 1 unspecified atom stereocenters. The highest BCUT2D eigenvalue weighted by atomic mass is 79.9. The number of rotatable bonds is 2. The first-order chi connectivity index (χ1) is 9.68. The summed E-state index contributed by atoms with van der Waals surface area (Å²) in [5.41, 5.74) is 0. The minimum Gasteiger partial charge on any atom is -0.480 e. The molecule has 0 bridgehead atoms. The molecule has 1 aromatic carbocycles. The molecule has 0 radical (unpaired) electrons. The summed E-state index contributed by atoms with van der Waals surface area (Å²) >= 11 is 5.21. The maximum atomic E-state index is 11.4. The summed E-state index contributed by atoms with van der Waals surface area (Å²) in [6.07, 6.45) is 1.74. The number of carboxylic acid groups (broad SMARTS) is 1. The van der Waals surface area contributed by atoms with Crippen LogP contribution in [0.25, 0.3) is 10.8 Å². The largest absolute Gasteiger partial charge is 0.480 e. The van der Waals surface area contributed by atoms with Crippen LogP contribution in [0.2, 0.25) is 0 Å². The predicted molar refractivity (Wildman–Crippen MR) is 85.5 cm³/mol. The normalized spacial score (nSPS) is 19.2. The molecule has 104 valence electrons. The first-order valence-corrected chi connectivity index (χ1v) is 8.23. The van der Waals surface area contributed by atoms with Gasteiger partial charge < -0.3 is 10.0 Å². The Morgan fingerprint density at radius 1 is 1.40 bits per heavy atom. The summed E-state index contributed by atoms with van der Waals surface area (Å²) in [6.45, 7) is 0.709. The van der Waals surface area contributed by atoms with E-state index >= 15 is 0 Å². The Kier molecular flexibility index (Phi) is 3.85. The Morgan fingerprint density at radius 2 is 2.25 bits per heavy atom. The Balaban J connectivity index is 2.13. The second kappa shape index (κ2) is 5.61. The van der Waals surface area contributed by atoms with Crippen LogP contribution in [0.15, 0.2) is 34.9 Å². The highest BCUT2D eigenvalue weighted by Crippen LogP contribution is 2.32. The van der Waals surface area contributed by atoms with Crippen molar-refractivity contribution < 1.29 is 9.90 Å². The molecule has 1 saturated heterocycles. The van der Waals surface area contributed by atoms with Crippen LogP contribution in [0.1, 0.15) is 0 Å². The van der Waals surface area contributed by atoms with Gasteiger partial charge in [-0.2, -0.15) is 11.8 Å². The number of aliphatic carboxylic acids is 1. The third kappa shape index (κ3) is 2.38. The molecule has 0 amide bonds. The van der Waals surface area contributed by atoms with Crippen LogP contribution in [-0.2, 0) is 4.79 Å². The van der Waals surface area contributed by atoms with E-state index in [1.165, 1.54) is 0 Å². The number of pyridine rings is 1. The van der Waals surface area contributed by atoms with E-state index in [-0.39, 0.29) is 0 Å². The fourth-order valence-corrected chi connectivity index (χ4v) is 3.98. The number of benzene rings is 1. The van der Waals surface area contributed by atoms with Gasteiger partial charge in [-0.25, -0.2) is 9.78 Å². The van der Waals surface area contributed by atoms with Crippen LogP contribution >= 0.6 is 27.7 Å². The second-order valence-electron chi connectivity index (χ2n) is 4.59. The number of hydrogen-bond acceptors (Lipinski definition) is 4. The van der Waals surface area contributed by atoms with Crippen LogP contribution in [0.3, 0.4) is 0 Å². The van der Waals surface area contributed by atoms with Gasteiger partial charge in [0.25, 0.3) is 0 Å². The zero-order valence-electron chi connectivity index (χ0n) is 10.6. The average Bonchev–Trinajstić information content (AvgIpc) is 2.47. The number of carbonyl (C=O) groups is 1. The third-order valence-corrected chi connectivity index (χ3v) is 5.13. The Hall–Kier alpha value is -1.27. The van der Waals surface area contributed by atoms with Crippen LogP contribution in [0.4, 0.5) is 5.82 Å². The highest BCUT2D eigenvalue weighted by Gasteiger charge is 2.30. The van der Waals surface area contributed by atoms with Crippen molar-refractivity contribution >= 4 is 50.3 Å². The van der Waals surface area contributed by atoms with Crippen LogP contribution in [0, 0.1) is 0 Å². The summed E-state index contributed by atoms with van der Waals surface area (Å²) in [7, 11) is 0. The van der Waals surface area contributed by atoms with Crippen molar-refractivity contribution in [2.24, 2.45) is 0 Å². The number of fused-ring (bicyclic) bond motifs is 1. The molecule has 0 spiro atoms. The number of halogens is 1. The maximum Gasteiger partial charge on any atom is 0.327 e. The lowest BCUT2D eigenvalue weighted by Gasteiger charge is -2.34. The molecule has 3 rings (SSSR count). The van der Waals surface area contributed by atoms with Crippen LogP contribution < -0.4 is 4.90 Å². The molecular formula is C14H13BrN2O2S. The summed E-state index contributed by atoms with van der Waals surface area (Å²) < 4.78 is 0.997. The minimum atomic E-state index is -0.786. The van der Waals surface area contributed by atoms with Crippen molar-refractivity contribution in [3.8, 4) is 0 Å². The van der Waals surface area contributed by atoms with Crippen LogP contribution in [-0.4, -0.2) is 40.2 Å². The van der Waals surface area contributed by atoms with Crippen molar-refractivity contribution in [3.63, 3.8) is 0 Å². The Morgan fingerprint density at radius 3 is 3.05 bits per heavy atom. The van der Waals surface area contributed by atoms with Gasteiger partial charge in [0, 0.05) is 39.5 Å². The Labute approximate surface area is 129 Å². The van der Waals surface area contributed by atoms with E-state index in [0.29, 0.717) is 12.3 Å². The van der Waals surface area contributed by atoms with E-state index in [0.717, 1.165) is 26.8 Å². The van der Waals surface area contributed by atoms with Crippen molar-refractivity contribution in [3.05, 3.63) is 34.9 Å². The van der Waals surface area contributed by atoms with Crippen molar-refractivity contribution in [1.82, 2.24) is 4.98 Å². The number of hydrogen-bond donors (Lipinski definition) is 1. The molecule has 6 heteroatoms. The SMILES string of the molecule is O=C(O)C1CSCCN1c1nccc2c(Br)cccc12. The standard InChI is InChI=1S/C14H13BrN2O2S/c15-11-3-1-2-10-9(11)4-5-16-13(10)17-6-7-20-8-12(17)14(18)19/h1-5,12H,6-8H2,(H,18,19). The van der Waals surface area contributed by atoms with E-state index in [1.807, 2.05) is 29.2 Å². The number of nitrogens with zero attached hydrogens (tertiary/aromatic N) is 2. The van der Waals surface area contributed by atoms with Gasteiger partial charge >= 0.3 is 5.97 Å². The fourth-order valence-electron chi connectivity index (χ4n) is 2.44. The molecule has 2 aromatic rings. The predicted octanol–water partition coefficient (Wildman–Crippen LogP) is 3.00. The second-order valence-corrected chi connectivity index (χ2v) is 6.60. The highest BCUT2D eigenvalue weighted by molar-refractivity contribution is 9.10. The zero-order chi connectivity index (χ0) is 14.1. The third-order valence-electron chi connectivity index (χ3n) is 3.42. The molecule has 4 nitrogen and oxygen atoms in total. The maximum absolute atomic E-state index is 11.4. The van der Waals surface area contributed by atoms with Gasteiger partial charge in [0.2, 0.25) is 0 Å². The average molecular weight is 353 g/mol. The molecule has 1 aromatic heterocycles. The Bertz CT molecular complexity index is 665. The van der Waals surface area contributed by atoms with Gasteiger partial charge in [-0.3, -0.25) is 0 Å². The van der Waals surface area contributed by atoms with Crippen molar-refractivity contribution in [2.75, 3.05) is 23.0 Å². The molecule has 1 fully saturated rings. The quantitative estimate of drug-likeness (QED) is 0.900. The molecule has 1 atom stereocenters. The van der Waals surface area contributed by atoms with Crippen molar-refractivity contribution in [2.45, 2.75) is 6.04 Å². The zero-order valence-corrected chi connectivity index (χ0v) is 13.0. The molecule has 1 N–H and O–H groups in total. The first kappa shape index (κ1) is 13.7. The first-order valence-electron chi connectivity index (χ1n) is 6.29. The fraction of sp³-hybridized carbons (Fsp3) is 0.286. The van der Waals surface area contributed by atoms with E-state index in [9.17, 15) is 9.90 Å². The lowest BCUT2D eigenvalue weighted by Crippen LogP contribution is -2.47. The van der Waals surface area contributed by atoms with Gasteiger partial charge in [-0.15, -0.1) is 0 Å². The van der Waals surface area contributed by atoms with E-state index in [1.54, 1.807) is 18.0 Å². The van der Waals surface area contributed by atoms with Crippen molar-refractivity contribution in [1.29, 1.82) is 0 Å². The topological polar surface area (TPSA) is 53.4 Å². The number of carboxylic acids is 1. The van der Waals surface area contributed by atoms with E-state index in [4.69, 9.17) is 0 Å². The summed E-state index contributed by atoms with van der Waals surface area (Å²) in [4.78, 5) is 17.8. The minimum absolute atomic E-state index is 0.508. The lowest BCUT2D eigenvalue weighted by atomic mass is 10.1.